The number of nitrogens with zero attached hydrogens (tertiary/aromatic N) is 1. The van der Waals surface area contributed by atoms with Crippen molar-refractivity contribution in [3.63, 3.8) is 0 Å². The third-order valence-corrected chi connectivity index (χ3v) is 7.75. The molecule has 0 spiro atoms. The lowest BCUT2D eigenvalue weighted by molar-refractivity contribution is 0.252. The minimum Gasteiger partial charge on any atom is -0.311 e. The van der Waals surface area contributed by atoms with Gasteiger partial charge in [-0.3, -0.25) is 0 Å². The third kappa shape index (κ3) is 2.56. The van der Waals surface area contributed by atoms with Crippen molar-refractivity contribution in [1.82, 2.24) is 9.62 Å². The van der Waals surface area contributed by atoms with Gasteiger partial charge in [0.25, 0.3) is 10.0 Å². The van der Waals surface area contributed by atoms with Crippen LogP contribution in [0.3, 0.4) is 0 Å². The molecule has 7 heteroatoms. The van der Waals surface area contributed by atoms with Crippen LogP contribution in [-0.2, 0) is 10.0 Å². The molecule has 2 saturated heterocycles. The number of rotatable bonds is 3. The van der Waals surface area contributed by atoms with Crippen LogP contribution in [0.2, 0.25) is 4.34 Å². The van der Waals surface area contributed by atoms with E-state index in [1.54, 1.807) is 23.5 Å². The Hall–Kier alpha value is -0.140. The highest BCUT2D eigenvalue weighted by atomic mass is 35.5. The van der Waals surface area contributed by atoms with Crippen LogP contribution >= 0.6 is 22.9 Å². The number of sulfonamides is 1. The molecule has 1 N–H and O–H groups in total. The highest BCUT2D eigenvalue weighted by Crippen LogP contribution is 2.33. The van der Waals surface area contributed by atoms with Gasteiger partial charge in [0.15, 0.2) is 0 Å². The Bertz CT molecular complexity index is 560. The predicted octanol–water partition coefficient (Wildman–Crippen LogP) is 2.30. The summed E-state index contributed by atoms with van der Waals surface area (Å²) in [5.74, 6) is 0. The summed E-state index contributed by atoms with van der Waals surface area (Å²) < 4.78 is 27.5. The zero-order valence-corrected chi connectivity index (χ0v) is 13.1. The van der Waals surface area contributed by atoms with Crippen LogP contribution in [0, 0.1) is 0 Å². The fourth-order valence-electron chi connectivity index (χ4n) is 3.10. The quantitative estimate of drug-likeness (QED) is 0.929. The van der Waals surface area contributed by atoms with Crippen LogP contribution in [0.4, 0.5) is 0 Å². The number of piperidine rings is 1. The van der Waals surface area contributed by atoms with Crippen molar-refractivity contribution in [1.29, 1.82) is 0 Å². The Morgan fingerprint density at radius 2 is 1.95 bits per heavy atom. The third-order valence-electron chi connectivity index (χ3n) is 4.14. The second-order valence-corrected chi connectivity index (χ2v) is 9.28. The van der Waals surface area contributed by atoms with Crippen LogP contribution in [0.25, 0.3) is 0 Å². The van der Waals surface area contributed by atoms with Gasteiger partial charge >= 0.3 is 0 Å². The van der Waals surface area contributed by atoms with Crippen molar-refractivity contribution >= 4 is 33.0 Å². The molecular formula is C12H17ClN2O2S2. The number of fused-ring (bicyclic) bond motifs is 2. The average molecular weight is 321 g/mol. The maximum atomic E-state index is 12.5. The zero-order valence-electron chi connectivity index (χ0n) is 10.7. The lowest BCUT2D eigenvalue weighted by Crippen LogP contribution is -2.48. The van der Waals surface area contributed by atoms with E-state index in [0.717, 1.165) is 24.2 Å². The summed E-state index contributed by atoms with van der Waals surface area (Å²) in [4.78, 5) is 0. The fourth-order valence-corrected chi connectivity index (χ4v) is 6.14. The number of hydrogen-bond acceptors (Lipinski definition) is 4. The lowest BCUT2D eigenvalue weighted by Gasteiger charge is -2.34. The van der Waals surface area contributed by atoms with E-state index in [0.29, 0.717) is 20.6 Å². The first kappa shape index (κ1) is 13.8. The number of nitrogens with one attached hydrogen (secondary N) is 1. The van der Waals surface area contributed by atoms with Crippen molar-refractivity contribution in [3.8, 4) is 0 Å². The highest BCUT2D eigenvalue weighted by molar-refractivity contribution is 7.91. The molecule has 2 atom stereocenters. The Kier molecular flexibility index (Phi) is 3.64. The average Bonchev–Trinajstić information content (AvgIpc) is 2.95. The summed E-state index contributed by atoms with van der Waals surface area (Å²) in [5, 5.41) is 3.53. The van der Waals surface area contributed by atoms with Gasteiger partial charge in [-0.2, -0.15) is 4.31 Å². The van der Waals surface area contributed by atoms with Crippen molar-refractivity contribution in [3.05, 3.63) is 16.5 Å². The van der Waals surface area contributed by atoms with E-state index in [-0.39, 0.29) is 6.04 Å². The lowest BCUT2D eigenvalue weighted by atomic mass is 10.0. The maximum Gasteiger partial charge on any atom is 0.252 e. The number of thiophene rings is 1. The van der Waals surface area contributed by atoms with Crippen LogP contribution in [0.5, 0.6) is 0 Å². The molecule has 2 fully saturated rings. The zero-order chi connectivity index (χ0) is 13.6. The van der Waals surface area contributed by atoms with Crippen molar-refractivity contribution in [2.24, 2.45) is 0 Å². The number of hydrogen-bond donors (Lipinski definition) is 1. The van der Waals surface area contributed by atoms with Gasteiger partial charge in [0.2, 0.25) is 0 Å². The van der Waals surface area contributed by atoms with Gasteiger partial charge in [-0.25, -0.2) is 8.42 Å². The summed E-state index contributed by atoms with van der Waals surface area (Å²) in [5.41, 5.74) is 0. The molecule has 3 heterocycles. The van der Waals surface area contributed by atoms with Crippen LogP contribution in [-0.4, -0.2) is 37.9 Å². The molecule has 2 aliphatic heterocycles. The van der Waals surface area contributed by atoms with Gasteiger partial charge in [-0.1, -0.05) is 11.6 Å². The first-order valence-corrected chi connectivity index (χ1v) is 9.09. The van der Waals surface area contributed by atoms with Gasteiger partial charge < -0.3 is 5.32 Å². The maximum absolute atomic E-state index is 12.5. The Morgan fingerprint density at radius 3 is 2.47 bits per heavy atom. The molecule has 0 aromatic carbocycles. The first-order chi connectivity index (χ1) is 8.96. The van der Waals surface area contributed by atoms with Crippen LogP contribution in [0.1, 0.15) is 25.7 Å². The van der Waals surface area contributed by atoms with Crippen molar-refractivity contribution < 1.29 is 8.42 Å². The molecule has 106 valence electrons. The SMILES string of the molecule is CN(C1CC2CCC(C1)N2)S(=O)(=O)c1ccc(Cl)s1. The summed E-state index contributed by atoms with van der Waals surface area (Å²) in [7, 11) is -1.70. The van der Waals surface area contributed by atoms with E-state index in [2.05, 4.69) is 5.32 Å². The second-order valence-electron chi connectivity index (χ2n) is 5.34. The summed E-state index contributed by atoms with van der Waals surface area (Å²) in [6.45, 7) is 0. The molecule has 2 bridgehead atoms. The molecule has 19 heavy (non-hydrogen) atoms. The molecule has 4 nitrogen and oxygen atoms in total. The van der Waals surface area contributed by atoms with Gasteiger partial charge in [-0.05, 0) is 37.8 Å². The summed E-state index contributed by atoms with van der Waals surface area (Å²) in [6, 6.07) is 4.29. The Labute approximate surface area is 122 Å². The molecule has 2 aliphatic rings. The van der Waals surface area contributed by atoms with E-state index in [4.69, 9.17) is 11.6 Å². The van der Waals surface area contributed by atoms with Crippen molar-refractivity contribution in [2.45, 2.75) is 48.0 Å². The first-order valence-electron chi connectivity index (χ1n) is 6.46. The highest BCUT2D eigenvalue weighted by Gasteiger charge is 2.39. The molecule has 0 radical (unpaired) electrons. The monoisotopic (exact) mass is 320 g/mol. The summed E-state index contributed by atoms with van der Waals surface area (Å²) >= 11 is 6.96. The van der Waals surface area contributed by atoms with E-state index in [1.165, 1.54) is 12.8 Å². The van der Waals surface area contributed by atoms with Gasteiger partial charge in [0.05, 0.1) is 4.34 Å². The van der Waals surface area contributed by atoms with Crippen molar-refractivity contribution in [2.75, 3.05) is 7.05 Å². The molecule has 0 aliphatic carbocycles. The molecule has 1 aromatic heterocycles. The predicted molar refractivity (Wildman–Crippen MR) is 77.2 cm³/mol. The van der Waals surface area contributed by atoms with Crippen LogP contribution < -0.4 is 5.32 Å². The summed E-state index contributed by atoms with van der Waals surface area (Å²) in [6.07, 6.45) is 4.15. The molecule has 1 aromatic rings. The van der Waals surface area contributed by atoms with Gasteiger partial charge in [-0.15, -0.1) is 11.3 Å². The number of halogens is 1. The smallest absolute Gasteiger partial charge is 0.252 e. The van der Waals surface area contributed by atoms with Crippen LogP contribution in [0.15, 0.2) is 16.3 Å². The second kappa shape index (κ2) is 5.00. The normalized spacial score (nSPS) is 31.0. The van der Waals surface area contributed by atoms with E-state index < -0.39 is 10.0 Å². The fraction of sp³-hybridized carbons (Fsp3) is 0.667. The molecular weight excluding hydrogens is 304 g/mol. The van der Waals surface area contributed by atoms with E-state index in [1.807, 2.05) is 0 Å². The largest absolute Gasteiger partial charge is 0.311 e. The standard InChI is InChI=1S/C12H17ClN2O2S2/c1-15(10-6-8-2-3-9(7-10)14-8)19(16,17)12-5-4-11(13)18-12/h4-5,8-10,14H,2-3,6-7H2,1H3. The molecule has 3 rings (SSSR count). The molecule has 2 unspecified atom stereocenters. The molecule has 0 amide bonds. The van der Waals surface area contributed by atoms with E-state index in [9.17, 15) is 8.42 Å². The Balaban J connectivity index is 1.81. The van der Waals surface area contributed by atoms with Gasteiger partial charge in [0.1, 0.15) is 4.21 Å². The molecule has 0 saturated carbocycles. The minimum atomic E-state index is -3.40. The van der Waals surface area contributed by atoms with Gasteiger partial charge in [0, 0.05) is 25.2 Å². The Morgan fingerprint density at radius 1 is 1.32 bits per heavy atom. The van der Waals surface area contributed by atoms with E-state index >= 15 is 0 Å². The minimum absolute atomic E-state index is 0.102. The topological polar surface area (TPSA) is 49.4 Å².